The highest BCUT2D eigenvalue weighted by molar-refractivity contribution is 5.76. The van der Waals surface area contributed by atoms with Gasteiger partial charge in [0.25, 0.3) is 0 Å². The van der Waals surface area contributed by atoms with Gasteiger partial charge in [-0.15, -0.1) is 0 Å². The third-order valence-corrected chi connectivity index (χ3v) is 4.09. The van der Waals surface area contributed by atoms with Gasteiger partial charge in [0.2, 0.25) is 5.91 Å². The normalized spacial score (nSPS) is 17.9. The summed E-state index contributed by atoms with van der Waals surface area (Å²) < 4.78 is 5.75. The highest BCUT2D eigenvalue weighted by Gasteiger charge is 2.27. The van der Waals surface area contributed by atoms with Crippen LogP contribution in [0.5, 0.6) is 0 Å². The fraction of sp³-hybridized carbons (Fsp3) is 0.529. The molecule has 1 aliphatic rings. The summed E-state index contributed by atoms with van der Waals surface area (Å²) in [5, 5.41) is 7.18. The Bertz CT molecular complexity index is 658. The first-order valence-electron chi connectivity index (χ1n) is 8.45. The summed E-state index contributed by atoms with van der Waals surface area (Å²) in [5.41, 5.74) is 1.08. The number of carbonyl (C=O) groups excluding carboxylic acids is 1. The van der Waals surface area contributed by atoms with Gasteiger partial charge in [-0.25, -0.2) is 4.98 Å². The highest BCUT2D eigenvalue weighted by atomic mass is 16.5. The molecule has 1 amide bonds. The molecule has 1 aliphatic heterocycles. The van der Waals surface area contributed by atoms with Crippen LogP contribution in [0.4, 0.5) is 0 Å². The minimum Gasteiger partial charge on any atom is -0.366 e. The summed E-state index contributed by atoms with van der Waals surface area (Å²) >= 11 is 0. The Labute approximate surface area is 141 Å². The van der Waals surface area contributed by atoms with Crippen LogP contribution >= 0.6 is 0 Å². The van der Waals surface area contributed by atoms with Gasteiger partial charge in [0.1, 0.15) is 11.9 Å². The molecular formula is C17H23N5O2. The Morgan fingerprint density at radius 2 is 2.38 bits per heavy atom. The molecule has 0 aliphatic carbocycles. The maximum absolute atomic E-state index is 12.5. The predicted octanol–water partition coefficient (Wildman–Crippen LogP) is 1.68. The number of hydrogen-bond acceptors (Lipinski definition) is 5. The lowest BCUT2D eigenvalue weighted by Gasteiger charge is -2.31. The van der Waals surface area contributed by atoms with Crippen molar-refractivity contribution in [3.05, 3.63) is 41.7 Å². The molecule has 3 rings (SSSR count). The Kier molecular flexibility index (Phi) is 5.53. The Morgan fingerprint density at radius 1 is 1.46 bits per heavy atom. The number of aromatic nitrogens is 4. The van der Waals surface area contributed by atoms with Gasteiger partial charge in [-0.1, -0.05) is 13.0 Å². The molecule has 1 saturated heterocycles. The second-order valence-corrected chi connectivity index (χ2v) is 5.95. The number of ether oxygens (including phenoxy) is 1. The first-order valence-corrected chi connectivity index (χ1v) is 8.45. The van der Waals surface area contributed by atoms with Crippen molar-refractivity contribution in [1.82, 2.24) is 25.1 Å². The summed E-state index contributed by atoms with van der Waals surface area (Å²) in [5.74, 6) is 1.65. The van der Waals surface area contributed by atoms with Crippen molar-refractivity contribution in [2.75, 3.05) is 19.7 Å². The zero-order valence-corrected chi connectivity index (χ0v) is 13.9. The van der Waals surface area contributed by atoms with Crippen molar-refractivity contribution in [2.24, 2.45) is 0 Å². The number of pyridine rings is 1. The topological polar surface area (TPSA) is 84.0 Å². The van der Waals surface area contributed by atoms with E-state index in [1.165, 1.54) is 0 Å². The number of aryl methyl sites for hydroxylation is 2. The Morgan fingerprint density at radius 3 is 3.17 bits per heavy atom. The minimum atomic E-state index is -0.247. The van der Waals surface area contributed by atoms with E-state index in [1.807, 2.05) is 17.0 Å². The number of rotatable bonds is 6. The monoisotopic (exact) mass is 329 g/mol. The number of nitrogens with zero attached hydrogens (tertiary/aromatic N) is 4. The van der Waals surface area contributed by atoms with Crippen LogP contribution in [-0.2, 0) is 22.4 Å². The van der Waals surface area contributed by atoms with Crippen molar-refractivity contribution in [3.8, 4) is 0 Å². The van der Waals surface area contributed by atoms with Crippen LogP contribution in [0, 0.1) is 0 Å². The van der Waals surface area contributed by atoms with E-state index in [2.05, 4.69) is 27.1 Å². The Balaban J connectivity index is 1.55. The molecule has 24 heavy (non-hydrogen) atoms. The molecule has 0 radical (unpaired) electrons. The summed E-state index contributed by atoms with van der Waals surface area (Å²) in [4.78, 5) is 22.9. The van der Waals surface area contributed by atoms with Crippen LogP contribution in [-0.4, -0.2) is 50.7 Å². The minimum absolute atomic E-state index is 0.136. The molecule has 7 nitrogen and oxygen atoms in total. The lowest BCUT2D eigenvalue weighted by atomic mass is 10.1. The average molecular weight is 329 g/mol. The standard InChI is InChI=1S/C17H23N5O2/c1-2-4-15-19-17(21-20-15)14-12-22(9-10-24-14)16(23)7-6-13-5-3-8-18-11-13/h3,5,8,11,14H,2,4,6-7,9-10,12H2,1H3,(H,19,20,21)/t14-/m1/s1. The smallest absolute Gasteiger partial charge is 0.223 e. The van der Waals surface area contributed by atoms with Gasteiger partial charge in [0.15, 0.2) is 5.82 Å². The molecule has 2 aromatic rings. The molecule has 3 heterocycles. The molecule has 0 aromatic carbocycles. The van der Waals surface area contributed by atoms with Gasteiger partial charge in [-0.05, 0) is 24.5 Å². The van der Waals surface area contributed by atoms with E-state index in [1.54, 1.807) is 12.4 Å². The van der Waals surface area contributed by atoms with Crippen LogP contribution in [0.1, 0.15) is 43.1 Å². The quantitative estimate of drug-likeness (QED) is 0.872. The predicted molar refractivity (Wildman–Crippen MR) is 88.2 cm³/mol. The zero-order chi connectivity index (χ0) is 16.8. The fourth-order valence-corrected chi connectivity index (χ4v) is 2.79. The lowest BCUT2D eigenvalue weighted by molar-refractivity contribution is -0.139. The lowest BCUT2D eigenvalue weighted by Crippen LogP contribution is -2.42. The second kappa shape index (κ2) is 8.01. The molecule has 1 N–H and O–H groups in total. The summed E-state index contributed by atoms with van der Waals surface area (Å²) in [7, 11) is 0. The number of amides is 1. The van der Waals surface area contributed by atoms with E-state index in [0.29, 0.717) is 38.4 Å². The summed E-state index contributed by atoms with van der Waals surface area (Å²) in [6.45, 7) is 3.74. The van der Waals surface area contributed by atoms with Gasteiger partial charge in [-0.2, -0.15) is 5.10 Å². The SMILES string of the molecule is CCCc1nc([C@H]2CN(C(=O)CCc3cccnc3)CCO2)n[nH]1. The summed E-state index contributed by atoms with van der Waals surface area (Å²) in [6, 6.07) is 3.88. The Hall–Kier alpha value is -2.28. The first kappa shape index (κ1) is 16.6. The average Bonchev–Trinajstić information content (AvgIpc) is 3.10. The van der Waals surface area contributed by atoms with Crippen molar-refractivity contribution >= 4 is 5.91 Å². The van der Waals surface area contributed by atoms with Crippen LogP contribution in [0.15, 0.2) is 24.5 Å². The number of morpholine rings is 1. The van der Waals surface area contributed by atoms with Crippen molar-refractivity contribution in [3.63, 3.8) is 0 Å². The van der Waals surface area contributed by atoms with E-state index in [9.17, 15) is 4.79 Å². The molecule has 0 saturated carbocycles. The third kappa shape index (κ3) is 4.17. The zero-order valence-electron chi connectivity index (χ0n) is 13.9. The number of hydrogen-bond donors (Lipinski definition) is 1. The maximum atomic E-state index is 12.5. The maximum Gasteiger partial charge on any atom is 0.223 e. The van der Waals surface area contributed by atoms with Crippen LogP contribution in [0.3, 0.4) is 0 Å². The van der Waals surface area contributed by atoms with E-state index < -0.39 is 0 Å². The van der Waals surface area contributed by atoms with Crippen LogP contribution in [0.25, 0.3) is 0 Å². The molecule has 0 bridgehead atoms. The third-order valence-electron chi connectivity index (χ3n) is 4.09. The van der Waals surface area contributed by atoms with E-state index in [4.69, 9.17) is 4.74 Å². The van der Waals surface area contributed by atoms with Gasteiger partial charge in [-0.3, -0.25) is 14.9 Å². The molecule has 0 unspecified atom stereocenters. The number of nitrogens with one attached hydrogen (secondary N) is 1. The molecule has 1 fully saturated rings. The fourth-order valence-electron chi connectivity index (χ4n) is 2.79. The van der Waals surface area contributed by atoms with Gasteiger partial charge < -0.3 is 9.64 Å². The van der Waals surface area contributed by atoms with Crippen LogP contribution in [0.2, 0.25) is 0 Å². The van der Waals surface area contributed by atoms with E-state index in [0.717, 1.165) is 24.2 Å². The number of carbonyl (C=O) groups is 1. The van der Waals surface area contributed by atoms with Gasteiger partial charge in [0, 0.05) is 31.8 Å². The van der Waals surface area contributed by atoms with Crippen molar-refractivity contribution in [2.45, 2.75) is 38.7 Å². The summed E-state index contributed by atoms with van der Waals surface area (Å²) in [6.07, 6.45) is 6.36. The first-order chi connectivity index (χ1) is 11.8. The van der Waals surface area contributed by atoms with Crippen molar-refractivity contribution in [1.29, 1.82) is 0 Å². The largest absolute Gasteiger partial charge is 0.366 e. The van der Waals surface area contributed by atoms with Gasteiger partial charge in [0.05, 0.1) is 13.2 Å². The molecule has 128 valence electrons. The van der Waals surface area contributed by atoms with Gasteiger partial charge >= 0.3 is 0 Å². The molecule has 1 atom stereocenters. The van der Waals surface area contributed by atoms with Crippen LogP contribution < -0.4 is 0 Å². The second-order valence-electron chi connectivity index (χ2n) is 5.95. The number of H-pyrrole nitrogens is 1. The molecule has 0 spiro atoms. The number of aromatic amines is 1. The van der Waals surface area contributed by atoms with E-state index >= 15 is 0 Å². The molecule has 7 heteroatoms. The van der Waals surface area contributed by atoms with Crippen molar-refractivity contribution < 1.29 is 9.53 Å². The highest BCUT2D eigenvalue weighted by Crippen LogP contribution is 2.20. The molecule has 2 aromatic heterocycles. The molecular weight excluding hydrogens is 306 g/mol. The van der Waals surface area contributed by atoms with E-state index in [-0.39, 0.29) is 12.0 Å².